The van der Waals surface area contributed by atoms with Crippen LogP contribution >= 0.6 is 0 Å². The molecule has 0 saturated carbocycles. The molecule has 0 radical (unpaired) electrons. The lowest BCUT2D eigenvalue weighted by Crippen LogP contribution is -2.68. The highest BCUT2D eigenvalue weighted by Crippen LogP contribution is 2.37. The van der Waals surface area contributed by atoms with Gasteiger partial charge in [0.05, 0.1) is 0 Å². The third kappa shape index (κ3) is 4.30. The van der Waals surface area contributed by atoms with E-state index in [4.69, 9.17) is 13.9 Å². The van der Waals surface area contributed by atoms with Crippen molar-refractivity contribution < 1.29 is 13.9 Å². The Morgan fingerprint density at radius 3 is 1.48 bits per heavy atom. The molecule has 29 heavy (non-hydrogen) atoms. The molecule has 0 aliphatic rings. The Labute approximate surface area is 175 Å². The van der Waals surface area contributed by atoms with Gasteiger partial charge < -0.3 is 13.9 Å². The third-order valence-electron chi connectivity index (χ3n) is 5.27. The molecule has 152 valence electrons. The second kappa shape index (κ2) is 8.95. The Balaban J connectivity index is 2.11. The number of hydrogen-bond acceptors (Lipinski definition) is 3. The topological polar surface area (TPSA) is 27.7 Å². The van der Waals surface area contributed by atoms with Crippen LogP contribution in [0.5, 0.6) is 5.75 Å². The van der Waals surface area contributed by atoms with E-state index in [-0.39, 0.29) is 11.3 Å². The minimum atomic E-state index is -2.61. The molecular formula is C25H30O3Si. The fourth-order valence-electron chi connectivity index (χ4n) is 3.89. The van der Waals surface area contributed by atoms with Gasteiger partial charge in [0.1, 0.15) is 5.75 Å². The van der Waals surface area contributed by atoms with Gasteiger partial charge in [-0.25, -0.2) is 0 Å². The fourth-order valence-corrected chi connectivity index (χ4v) is 8.31. The van der Waals surface area contributed by atoms with Crippen LogP contribution in [0.15, 0.2) is 84.9 Å². The number of methoxy groups -OCH3 is 2. The van der Waals surface area contributed by atoms with E-state index < -0.39 is 8.32 Å². The zero-order chi connectivity index (χ0) is 20.9. The Morgan fingerprint density at radius 2 is 1.10 bits per heavy atom. The van der Waals surface area contributed by atoms with Crippen LogP contribution < -0.4 is 14.8 Å². The maximum Gasteiger partial charge on any atom is 0.319 e. The van der Waals surface area contributed by atoms with Crippen LogP contribution in [0.3, 0.4) is 0 Å². The molecule has 0 bridgehead atoms. The van der Waals surface area contributed by atoms with Gasteiger partial charge in [0.15, 0.2) is 6.29 Å². The summed E-state index contributed by atoms with van der Waals surface area (Å²) in [7, 11) is 0.666. The summed E-state index contributed by atoms with van der Waals surface area (Å²) in [6.07, 6.45) is -0.378. The lowest BCUT2D eigenvalue weighted by atomic mass is 10.2. The van der Waals surface area contributed by atoms with Gasteiger partial charge in [-0.15, -0.1) is 0 Å². The van der Waals surface area contributed by atoms with Crippen molar-refractivity contribution in [1.29, 1.82) is 0 Å². The van der Waals surface area contributed by atoms with Crippen molar-refractivity contribution in [2.45, 2.75) is 32.1 Å². The largest absolute Gasteiger partial charge is 0.534 e. The van der Waals surface area contributed by atoms with E-state index in [0.717, 1.165) is 11.3 Å². The average Bonchev–Trinajstić information content (AvgIpc) is 2.74. The molecular weight excluding hydrogens is 376 g/mol. The molecule has 3 aromatic rings. The van der Waals surface area contributed by atoms with Gasteiger partial charge >= 0.3 is 8.32 Å². The van der Waals surface area contributed by atoms with E-state index in [9.17, 15) is 0 Å². The van der Waals surface area contributed by atoms with Gasteiger partial charge in [0, 0.05) is 19.8 Å². The summed E-state index contributed by atoms with van der Waals surface area (Å²) in [6, 6.07) is 29.3. The minimum Gasteiger partial charge on any atom is -0.534 e. The molecule has 3 aromatic carbocycles. The summed E-state index contributed by atoms with van der Waals surface area (Å²) < 4.78 is 17.7. The highest BCUT2D eigenvalue weighted by molar-refractivity contribution is 7.00. The second-order valence-corrected chi connectivity index (χ2v) is 12.4. The highest BCUT2D eigenvalue weighted by Gasteiger charge is 2.52. The van der Waals surface area contributed by atoms with E-state index in [1.165, 1.54) is 10.4 Å². The first-order valence-corrected chi connectivity index (χ1v) is 11.8. The van der Waals surface area contributed by atoms with Crippen LogP contribution in [0, 0.1) is 0 Å². The van der Waals surface area contributed by atoms with Crippen LogP contribution in [0.4, 0.5) is 0 Å². The zero-order valence-electron chi connectivity index (χ0n) is 17.9. The predicted molar refractivity (Wildman–Crippen MR) is 121 cm³/mol. The summed E-state index contributed by atoms with van der Waals surface area (Å²) >= 11 is 0. The molecule has 0 aliphatic carbocycles. The van der Waals surface area contributed by atoms with E-state index >= 15 is 0 Å². The first-order chi connectivity index (χ1) is 13.9. The maximum atomic E-state index is 7.00. The molecule has 0 aromatic heterocycles. The molecule has 0 saturated heterocycles. The van der Waals surface area contributed by atoms with Crippen LogP contribution in [0.25, 0.3) is 0 Å². The molecule has 0 unspecified atom stereocenters. The number of benzene rings is 3. The number of hydrogen-bond donors (Lipinski definition) is 0. The number of ether oxygens (including phenoxy) is 2. The normalized spacial score (nSPS) is 12.2. The first-order valence-electron chi connectivity index (χ1n) is 9.88. The summed E-state index contributed by atoms with van der Waals surface area (Å²) in [4.78, 5) is 0. The third-order valence-corrected chi connectivity index (χ3v) is 10.2. The standard InChI is InChI=1S/C25H30O3Si/c1-25(2,3)29(22-12-8-6-9-13-22,23-14-10-7-11-15-23)28-21-18-16-20(17-19-21)24(26-4)27-5/h6-19,24H,1-5H3. The molecule has 0 aliphatic heterocycles. The Kier molecular flexibility index (Phi) is 6.58. The van der Waals surface area contributed by atoms with Crippen molar-refractivity contribution in [1.82, 2.24) is 0 Å². The molecule has 0 fully saturated rings. The highest BCUT2D eigenvalue weighted by atomic mass is 28.4. The summed E-state index contributed by atoms with van der Waals surface area (Å²) in [5.74, 6) is 0.856. The van der Waals surface area contributed by atoms with Gasteiger partial charge in [-0.2, -0.15) is 0 Å². The molecule has 3 rings (SSSR count). The lowest BCUT2D eigenvalue weighted by molar-refractivity contribution is -0.106. The van der Waals surface area contributed by atoms with Crippen molar-refractivity contribution in [2.75, 3.05) is 14.2 Å². The van der Waals surface area contributed by atoms with Crippen molar-refractivity contribution in [2.24, 2.45) is 0 Å². The van der Waals surface area contributed by atoms with Crippen LogP contribution in [-0.2, 0) is 9.47 Å². The molecule has 3 nitrogen and oxygen atoms in total. The predicted octanol–water partition coefficient (Wildman–Crippen LogP) is 4.92. The van der Waals surface area contributed by atoms with Gasteiger partial charge in [-0.1, -0.05) is 93.6 Å². The number of rotatable bonds is 7. The van der Waals surface area contributed by atoms with Crippen LogP contribution in [-0.4, -0.2) is 22.5 Å². The van der Waals surface area contributed by atoms with Crippen molar-refractivity contribution >= 4 is 18.7 Å². The van der Waals surface area contributed by atoms with E-state index in [0.29, 0.717) is 0 Å². The maximum absolute atomic E-state index is 7.00. The smallest absolute Gasteiger partial charge is 0.319 e. The average molecular weight is 407 g/mol. The molecule has 0 atom stereocenters. The van der Waals surface area contributed by atoms with Crippen molar-refractivity contribution in [3.8, 4) is 5.75 Å². The SMILES string of the molecule is COC(OC)c1ccc(O[Si](c2ccccc2)(c2ccccc2)C(C)(C)C)cc1. The lowest BCUT2D eigenvalue weighted by Gasteiger charge is -2.43. The zero-order valence-corrected chi connectivity index (χ0v) is 18.9. The molecule has 0 spiro atoms. The van der Waals surface area contributed by atoms with Gasteiger partial charge in [-0.3, -0.25) is 0 Å². The van der Waals surface area contributed by atoms with E-state index in [2.05, 4.69) is 81.4 Å². The molecule has 0 amide bonds. The molecule has 4 heteroatoms. The van der Waals surface area contributed by atoms with Gasteiger partial charge in [-0.05, 0) is 27.5 Å². The summed E-state index contributed by atoms with van der Waals surface area (Å²) in [6.45, 7) is 6.83. The Hall–Kier alpha value is -2.40. The minimum absolute atomic E-state index is 0.0734. The fraction of sp³-hybridized carbons (Fsp3) is 0.280. The van der Waals surface area contributed by atoms with Gasteiger partial charge in [0.2, 0.25) is 0 Å². The molecule has 0 N–H and O–H groups in total. The quantitative estimate of drug-likeness (QED) is 0.412. The van der Waals surface area contributed by atoms with E-state index in [1.54, 1.807) is 14.2 Å². The monoisotopic (exact) mass is 406 g/mol. The van der Waals surface area contributed by atoms with Crippen LogP contribution in [0.2, 0.25) is 5.04 Å². The Morgan fingerprint density at radius 1 is 0.655 bits per heavy atom. The van der Waals surface area contributed by atoms with Crippen LogP contribution in [0.1, 0.15) is 32.6 Å². The first kappa shape index (κ1) is 21.3. The molecule has 0 heterocycles. The van der Waals surface area contributed by atoms with E-state index in [1.807, 2.05) is 24.3 Å². The van der Waals surface area contributed by atoms with Crippen molar-refractivity contribution in [3.05, 3.63) is 90.5 Å². The van der Waals surface area contributed by atoms with Gasteiger partial charge in [0.25, 0.3) is 0 Å². The Bertz CT molecular complexity index is 843. The summed E-state index contributed by atoms with van der Waals surface area (Å²) in [5.41, 5.74) is 0.963. The second-order valence-electron chi connectivity index (χ2n) is 8.14. The van der Waals surface area contributed by atoms with Crippen molar-refractivity contribution in [3.63, 3.8) is 0 Å². The summed E-state index contributed by atoms with van der Waals surface area (Å²) in [5, 5.41) is 2.44.